The van der Waals surface area contributed by atoms with Crippen molar-refractivity contribution < 1.29 is 4.79 Å². The number of rotatable bonds is 5. The normalized spacial score (nSPS) is 12.3. The van der Waals surface area contributed by atoms with Crippen LogP contribution in [0.1, 0.15) is 23.2 Å². The third kappa shape index (κ3) is 4.32. The van der Waals surface area contributed by atoms with Crippen LogP contribution in [0.15, 0.2) is 23.0 Å². The van der Waals surface area contributed by atoms with Crippen LogP contribution in [0.4, 0.5) is 5.69 Å². The first kappa shape index (κ1) is 20.2. The lowest BCUT2D eigenvalue weighted by Gasteiger charge is -2.13. The van der Waals surface area contributed by atoms with Gasteiger partial charge in [0, 0.05) is 4.88 Å². The summed E-state index contributed by atoms with van der Waals surface area (Å²) >= 11 is 14.9. The summed E-state index contributed by atoms with van der Waals surface area (Å²) in [6.45, 7) is 5.68. The molecule has 1 aromatic carbocycles. The second-order valence-corrected chi connectivity index (χ2v) is 9.34. The van der Waals surface area contributed by atoms with Crippen molar-refractivity contribution in [3.05, 3.63) is 54.9 Å². The fourth-order valence-electron chi connectivity index (χ4n) is 2.48. The van der Waals surface area contributed by atoms with Crippen molar-refractivity contribution in [3.8, 4) is 0 Å². The maximum absolute atomic E-state index is 12.4. The zero-order valence-corrected chi connectivity index (χ0v) is 18.0. The molecule has 0 spiro atoms. The SMILES string of the molecule is Cc1sc2nc(CSC(C)C(=O)Nc3cccc(Cl)c3Cl)[nH]c(=O)c2c1C. The van der Waals surface area contributed by atoms with Crippen molar-refractivity contribution >= 4 is 68.1 Å². The molecular formula is C18H17Cl2N3O2S2. The zero-order chi connectivity index (χ0) is 19.7. The highest BCUT2D eigenvalue weighted by atomic mass is 35.5. The Labute approximate surface area is 174 Å². The maximum atomic E-state index is 12.4. The van der Waals surface area contributed by atoms with Crippen LogP contribution in [0.2, 0.25) is 10.0 Å². The van der Waals surface area contributed by atoms with Crippen LogP contribution < -0.4 is 10.9 Å². The van der Waals surface area contributed by atoms with Crippen molar-refractivity contribution in [1.82, 2.24) is 9.97 Å². The Morgan fingerprint density at radius 1 is 1.37 bits per heavy atom. The number of benzene rings is 1. The number of nitrogens with one attached hydrogen (secondary N) is 2. The number of thioether (sulfide) groups is 1. The molecule has 0 bridgehead atoms. The Morgan fingerprint density at radius 2 is 2.11 bits per heavy atom. The van der Waals surface area contributed by atoms with Crippen LogP contribution in [-0.2, 0) is 10.5 Å². The highest BCUT2D eigenvalue weighted by Crippen LogP contribution is 2.30. The molecule has 0 aliphatic carbocycles. The van der Waals surface area contributed by atoms with E-state index in [1.165, 1.54) is 23.1 Å². The standard InChI is InChI=1S/C18H17Cl2N3O2S2/c1-8-9(2)27-18-14(8)17(25)22-13(23-18)7-26-10(3)16(24)21-12-6-4-5-11(19)15(12)20/h4-6,10H,7H2,1-3H3,(H,21,24)(H,22,23,25). The molecule has 0 radical (unpaired) electrons. The van der Waals surface area contributed by atoms with Crippen molar-refractivity contribution in [2.24, 2.45) is 0 Å². The van der Waals surface area contributed by atoms with Gasteiger partial charge in [0.15, 0.2) is 0 Å². The van der Waals surface area contributed by atoms with Crippen molar-refractivity contribution in [2.45, 2.75) is 31.8 Å². The van der Waals surface area contributed by atoms with Gasteiger partial charge >= 0.3 is 0 Å². The lowest BCUT2D eigenvalue weighted by atomic mass is 10.2. The van der Waals surface area contributed by atoms with Crippen LogP contribution in [0.5, 0.6) is 0 Å². The number of aromatic nitrogens is 2. The predicted molar refractivity (Wildman–Crippen MR) is 116 cm³/mol. The van der Waals surface area contributed by atoms with Gasteiger partial charge in [0.2, 0.25) is 5.91 Å². The van der Waals surface area contributed by atoms with Gasteiger partial charge < -0.3 is 10.3 Å². The van der Waals surface area contributed by atoms with Gasteiger partial charge in [-0.2, -0.15) is 0 Å². The van der Waals surface area contributed by atoms with Crippen LogP contribution in [0.3, 0.4) is 0 Å². The number of anilines is 1. The smallest absolute Gasteiger partial charge is 0.259 e. The molecule has 2 N–H and O–H groups in total. The van der Waals surface area contributed by atoms with Gasteiger partial charge in [-0.25, -0.2) is 4.98 Å². The minimum atomic E-state index is -0.368. The van der Waals surface area contributed by atoms with Gasteiger partial charge in [0.1, 0.15) is 10.7 Å². The molecule has 1 unspecified atom stereocenters. The average molecular weight is 442 g/mol. The molecule has 9 heteroatoms. The highest BCUT2D eigenvalue weighted by molar-refractivity contribution is 7.99. The van der Waals surface area contributed by atoms with Gasteiger partial charge in [0.05, 0.1) is 32.1 Å². The van der Waals surface area contributed by atoms with E-state index in [-0.39, 0.29) is 16.7 Å². The number of hydrogen-bond acceptors (Lipinski definition) is 5. The molecule has 2 aromatic heterocycles. The molecule has 2 heterocycles. The maximum Gasteiger partial charge on any atom is 0.259 e. The number of carbonyl (C=O) groups is 1. The summed E-state index contributed by atoms with van der Waals surface area (Å²) in [5, 5.41) is 3.74. The third-order valence-electron chi connectivity index (χ3n) is 4.14. The van der Waals surface area contributed by atoms with Gasteiger partial charge in [0.25, 0.3) is 5.56 Å². The fraction of sp³-hybridized carbons (Fsp3) is 0.278. The van der Waals surface area contributed by atoms with Gasteiger partial charge in [-0.05, 0) is 38.5 Å². The molecular weight excluding hydrogens is 425 g/mol. The third-order valence-corrected chi connectivity index (χ3v) is 7.21. The number of halogens is 2. The van der Waals surface area contributed by atoms with Crippen molar-refractivity contribution in [2.75, 3.05) is 5.32 Å². The minimum absolute atomic E-state index is 0.139. The predicted octanol–water partition coefficient (Wildman–Crippen LogP) is 5.17. The lowest BCUT2D eigenvalue weighted by Crippen LogP contribution is -2.23. The molecule has 1 atom stereocenters. The van der Waals surface area contributed by atoms with Crippen LogP contribution in [0, 0.1) is 13.8 Å². The number of hydrogen-bond donors (Lipinski definition) is 2. The number of nitrogens with zero attached hydrogens (tertiary/aromatic N) is 1. The average Bonchev–Trinajstić information content (AvgIpc) is 2.91. The van der Waals surface area contributed by atoms with Crippen LogP contribution in [0.25, 0.3) is 10.2 Å². The number of aryl methyl sites for hydroxylation is 2. The number of amides is 1. The lowest BCUT2D eigenvalue weighted by molar-refractivity contribution is -0.115. The summed E-state index contributed by atoms with van der Waals surface area (Å²) in [5.74, 6) is 0.772. The van der Waals surface area contributed by atoms with Gasteiger partial charge in [-0.1, -0.05) is 29.3 Å². The van der Waals surface area contributed by atoms with Gasteiger partial charge in [-0.15, -0.1) is 23.1 Å². The summed E-state index contributed by atoms with van der Waals surface area (Å²) in [7, 11) is 0. The molecule has 5 nitrogen and oxygen atoms in total. The molecule has 142 valence electrons. The quantitative estimate of drug-likeness (QED) is 0.572. The monoisotopic (exact) mass is 441 g/mol. The first-order valence-electron chi connectivity index (χ1n) is 8.13. The molecule has 1 amide bonds. The Balaban J connectivity index is 1.69. The van der Waals surface area contributed by atoms with Crippen molar-refractivity contribution in [3.63, 3.8) is 0 Å². The second-order valence-electron chi connectivity index (χ2n) is 6.02. The van der Waals surface area contributed by atoms with E-state index in [4.69, 9.17) is 23.2 Å². The summed E-state index contributed by atoms with van der Waals surface area (Å²) in [6, 6.07) is 5.07. The minimum Gasteiger partial charge on any atom is -0.324 e. The topological polar surface area (TPSA) is 74.8 Å². The Hall–Kier alpha value is -1.54. The van der Waals surface area contributed by atoms with E-state index < -0.39 is 0 Å². The first-order valence-corrected chi connectivity index (χ1v) is 10.8. The summed E-state index contributed by atoms with van der Waals surface area (Å²) in [4.78, 5) is 33.9. The number of aromatic amines is 1. The molecule has 0 saturated heterocycles. The van der Waals surface area contributed by atoms with E-state index >= 15 is 0 Å². The Morgan fingerprint density at radius 3 is 2.85 bits per heavy atom. The van der Waals surface area contributed by atoms with Crippen molar-refractivity contribution in [1.29, 1.82) is 0 Å². The number of carbonyl (C=O) groups excluding carboxylic acids is 1. The van der Waals surface area contributed by atoms with E-state index in [0.29, 0.717) is 32.7 Å². The zero-order valence-electron chi connectivity index (χ0n) is 14.9. The Kier molecular flexibility index (Phi) is 6.15. The van der Waals surface area contributed by atoms with Crippen LogP contribution in [-0.4, -0.2) is 21.1 Å². The Bertz CT molecular complexity index is 1080. The van der Waals surface area contributed by atoms with E-state index in [1.807, 2.05) is 13.8 Å². The summed E-state index contributed by atoms with van der Waals surface area (Å²) in [6.07, 6.45) is 0. The number of thiophene rings is 1. The van der Waals surface area contributed by atoms with E-state index in [9.17, 15) is 9.59 Å². The molecule has 3 rings (SSSR count). The summed E-state index contributed by atoms with van der Waals surface area (Å²) < 4.78 is 0. The molecule has 0 aliphatic rings. The van der Waals surface area contributed by atoms with E-state index in [0.717, 1.165) is 15.3 Å². The highest BCUT2D eigenvalue weighted by Gasteiger charge is 2.17. The van der Waals surface area contributed by atoms with E-state index in [1.54, 1.807) is 25.1 Å². The van der Waals surface area contributed by atoms with Crippen LogP contribution >= 0.6 is 46.3 Å². The molecule has 0 fully saturated rings. The molecule has 0 aliphatic heterocycles. The largest absolute Gasteiger partial charge is 0.324 e. The fourth-order valence-corrected chi connectivity index (χ4v) is 4.63. The number of fused-ring (bicyclic) bond motifs is 1. The summed E-state index contributed by atoms with van der Waals surface area (Å²) in [5.41, 5.74) is 1.30. The first-order chi connectivity index (χ1) is 12.8. The molecule has 3 aromatic rings. The van der Waals surface area contributed by atoms with E-state index in [2.05, 4.69) is 15.3 Å². The second kappa shape index (κ2) is 8.22. The number of H-pyrrole nitrogens is 1. The molecule has 0 saturated carbocycles. The van der Waals surface area contributed by atoms with Gasteiger partial charge in [-0.3, -0.25) is 9.59 Å². The molecule has 27 heavy (non-hydrogen) atoms.